The van der Waals surface area contributed by atoms with Crippen molar-refractivity contribution in [3.8, 4) is 112 Å². The first kappa shape index (κ1) is 79.8. The fraction of sp³-hybridized carbons (Fsp3) is 0.0149. The minimum Gasteiger partial charge on any atom is -0.309 e. The van der Waals surface area contributed by atoms with Crippen molar-refractivity contribution in [2.24, 2.45) is 0 Å². The number of fused-ring (bicyclic) bond motifs is 19. The second-order valence-corrected chi connectivity index (χ2v) is 36.8. The van der Waals surface area contributed by atoms with E-state index in [1.54, 1.807) is 0 Å². The van der Waals surface area contributed by atoms with Gasteiger partial charge in [0.05, 0.1) is 55.0 Å². The van der Waals surface area contributed by atoms with Crippen LogP contribution in [0.5, 0.6) is 0 Å². The van der Waals surface area contributed by atoms with E-state index in [9.17, 15) is 0 Å². The lowest BCUT2D eigenvalue weighted by atomic mass is 9.67. The predicted octanol–water partition coefficient (Wildman–Crippen LogP) is 34.5. The van der Waals surface area contributed by atoms with E-state index in [0.29, 0.717) is 0 Å². The summed E-state index contributed by atoms with van der Waals surface area (Å²) in [4.78, 5) is 0. The van der Waals surface area contributed by atoms with E-state index in [1.807, 2.05) is 0 Å². The number of aromatic nitrogens is 4. The second-order valence-electron chi connectivity index (χ2n) is 36.8. The molecule has 26 aromatic rings. The van der Waals surface area contributed by atoms with Crippen molar-refractivity contribution >= 4 is 87.2 Å². The summed E-state index contributed by atoms with van der Waals surface area (Å²) in [5, 5.41) is 9.92. The van der Waals surface area contributed by atoms with Gasteiger partial charge in [-0.3, -0.25) is 0 Å². The number of hydrogen-bond acceptors (Lipinski definition) is 0. The Kier molecular flexibility index (Phi) is 18.8. The van der Waals surface area contributed by atoms with Gasteiger partial charge in [-0.05, 0) is 261 Å². The van der Waals surface area contributed by atoms with Crippen LogP contribution in [0.4, 0.5) is 0 Å². The van der Waals surface area contributed by atoms with Crippen LogP contribution in [0.3, 0.4) is 0 Å². The fourth-order valence-corrected chi connectivity index (χ4v) is 23.5. The molecule has 0 radical (unpaired) electrons. The standard InChI is InChI=1S/2C67H44N2/c1-5-18-45(19-6-1)47-32-36-53(37-33-47)68-61-31-16-14-28-55(61)57-43-49(34-39-62(57)68)50-35-40-63-58(44-50)66-64(69(63)54-27-17-22-48(42-54)46-20-7-2-8-21-46)41-38-60-65(66)56-29-13-15-30-59(56)67(60,51-23-9-3-10-24-51)52-25-11-4-12-26-52;1-5-18-45(19-6-1)47-32-36-53(37-33-47)68-63-31-16-14-29-56(63)58-41-49(34-38-64(58)68)50-35-39-65-59(42-50)60-43-62-57(44-66(60)69(65)54-27-17-22-48(40-54)46-20-7-2-8-21-46)55-28-13-15-30-61(55)67(62,51-23-9-3-10-24-51)52-25-11-4-12-26-52/h2*1-44H. The molecule has 0 unspecified atom stereocenters. The van der Waals surface area contributed by atoms with Gasteiger partial charge < -0.3 is 18.3 Å². The molecule has 0 atom stereocenters. The molecule has 644 valence electrons. The highest BCUT2D eigenvalue weighted by atomic mass is 15.0. The SMILES string of the molecule is c1ccc(-c2ccc(-n3c4ccccc4c4cc(-c5ccc6c(c5)c5c7c(ccc5n6-c5cccc(-c6ccccc6)c5)C(c5ccccc5)(c5ccccc5)c5ccccc5-7)ccc43)cc2)cc1.c1ccc(-c2ccc(-n3c4ccccc4c4cc(-c5ccc6c(c5)c5cc7c(cc5n6-c5cccc(-c6ccccc6)c5)-c5ccccc5C7(c5ccccc5)c5ccccc5)ccc43)cc2)cc1. The Morgan fingerprint density at radius 2 is 0.413 bits per heavy atom. The summed E-state index contributed by atoms with van der Waals surface area (Å²) >= 11 is 0. The summed E-state index contributed by atoms with van der Waals surface area (Å²) in [5.74, 6) is 0. The van der Waals surface area contributed by atoms with Crippen LogP contribution < -0.4 is 0 Å². The third kappa shape index (κ3) is 12.5. The maximum atomic E-state index is 2.54. The Bertz CT molecular complexity index is 9010. The third-order valence-corrected chi connectivity index (χ3v) is 29.6. The molecule has 4 nitrogen and oxygen atoms in total. The molecule has 0 saturated carbocycles. The van der Waals surface area contributed by atoms with E-state index in [1.165, 1.54) is 221 Å². The highest BCUT2D eigenvalue weighted by molar-refractivity contribution is 6.21. The molecule has 0 spiro atoms. The van der Waals surface area contributed by atoms with Crippen LogP contribution in [0.25, 0.3) is 199 Å². The zero-order valence-electron chi connectivity index (χ0n) is 75.6. The lowest BCUT2D eigenvalue weighted by Crippen LogP contribution is -2.28. The van der Waals surface area contributed by atoms with Gasteiger partial charge in [0, 0.05) is 65.8 Å². The van der Waals surface area contributed by atoms with Gasteiger partial charge in [0.15, 0.2) is 0 Å². The zero-order chi connectivity index (χ0) is 90.9. The molecule has 2 aliphatic rings. The van der Waals surface area contributed by atoms with Crippen molar-refractivity contribution in [3.05, 3.63) is 578 Å². The highest BCUT2D eigenvalue weighted by Crippen LogP contribution is 2.61. The number of rotatable bonds is 14. The Hall–Kier alpha value is -18.0. The maximum Gasteiger partial charge on any atom is 0.0713 e. The summed E-state index contributed by atoms with van der Waals surface area (Å²) in [6, 6.07) is 197. The van der Waals surface area contributed by atoms with Crippen LogP contribution in [-0.2, 0) is 10.8 Å². The van der Waals surface area contributed by atoms with Crippen molar-refractivity contribution < 1.29 is 0 Å². The molecule has 138 heavy (non-hydrogen) atoms. The normalized spacial score (nSPS) is 12.8. The predicted molar refractivity (Wildman–Crippen MR) is 577 cm³/mol. The van der Waals surface area contributed by atoms with Crippen molar-refractivity contribution in [3.63, 3.8) is 0 Å². The van der Waals surface area contributed by atoms with E-state index in [0.717, 1.165) is 22.7 Å². The van der Waals surface area contributed by atoms with E-state index >= 15 is 0 Å². The van der Waals surface area contributed by atoms with Crippen LogP contribution in [0.15, 0.2) is 534 Å². The summed E-state index contributed by atoms with van der Waals surface area (Å²) < 4.78 is 9.81. The van der Waals surface area contributed by atoms with Gasteiger partial charge in [-0.15, -0.1) is 0 Å². The van der Waals surface area contributed by atoms with Crippen LogP contribution in [0.2, 0.25) is 0 Å². The quantitative estimate of drug-likeness (QED) is 0.103. The number of benzene rings is 22. The lowest BCUT2D eigenvalue weighted by molar-refractivity contribution is 0.769. The molecule has 2 aliphatic carbocycles. The van der Waals surface area contributed by atoms with Gasteiger partial charge >= 0.3 is 0 Å². The maximum absolute atomic E-state index is 2.54. The molecule has 0 aliphatic heterocycles. The molecule has 0 saturated heterocycles. The number of para-hydroxylation sites is 2. The molecule has 22 aromatic carbocycles. The molecule has 28 rings (SSSR count). The fourth-order valence-electron chi connectivity index (χ4n) is 23.5. The Morgan fingerprint density at radius 1 is 0.130 bits per heavy atom. The van der Waals surface area contributed by atoms with Crippen LogP contribution >= 0.6 is 0 Å². The smallest absolute Gasteiger partial charge is 0.0713 e. The van der Waals surface area contributed by atoms with Crippen LogP contribution in [0.1, 0.15) is 44.5 Å². The van der Waals surface area contributed by atoms with Gasteiger partial charge in [-0.25, -0.2) is 0 Å². The van der Waals surface area contributed by atoms with E-state index in [4.69, 9.17) is 0 Å². The Morgan fingerprint density at radius 3 is 0.848 bits per heavy atom. The van der Waals surface area contributed by atoms with Crippen molar-refractivity contribution in [1.29, 1.82) is 0 Å². The van der Waals surface area contributed by atoms with E-state index < -0.39 is 10.8 Å². The first-order valence-corrected chi connectivity index (χ1v) is 47.8. The van der Waals surface area contributed by atoms with Gasteiger partial charge in [0.2, 0.25) is 0 Å². The van der Waals surface area contributed by atoms with Crippen molar-refractivity contribution in [1.82, 2.24) is 18.3 Å². The van der Waals surface area contributed by atoms with Crippen LogP contribution in [0, 0.1) is 0 Å². The molecule has 0 fully saturated rings. The minimum atomic E-state index is -0.511. The molecule has 0 bridgehead atoms. The summed E-state index contributed by atoms with van der Waals surface area (Å²) in [5.41, 5.74) is 42.9. The van der Waals surface area contributed by atoms with Crippen molar-refractivity contribution in [2.45, 2.75) is 10.8 Å². The van der Waals surface area contributed by atoms with Crippen molar-refractivity contribution in [2.75, 3.05) is 0 Å². The monoisotopic (exact) mass is 1750 g/mol. The summed E-state index contributed by atoms with van der Waals surface area (Å²) in [6.45, 7) is 0. The Balaban J connectivity index is 0.000000139. The molecule has 4 aromatic heterocycles. The van der Waals surface area contributed by atoms with Gasteiger partial charge in [0.25, 0.3) is 0 Å². The average molecular weight is 1750 g/mol. The van der Waals surface area contributed by atoms with Gasteiger partial charge in [-0.1, -0.05) is 406 Å². The molecular formula is C134H88N4. The first-order chi connectivity index (χ1) is 68.5. The minimum absolute atomic E-state index is 0.511. The second kappa shape index (κ2) is 32.5. The summed E-state index contributed by atoms with van der Waals surface area (Å²) in [7, 11) is 0. The third-order valence-electron chi connectivity index (χ3n) is 29.6. The molecule has 0 amide bonds. The van der Waals surface area contributed by atoms with Crippen LogP contribution in [-0.4, -0.2) is 18.3 Å². The molecule has 0 N–H and O–H groups in total. The zero-order valence-corrected chi connectivity index (χ0v) is 75.6. The topological polar surface area (TPSA) is 19.7 Å². The molecular weight excluding hydrogens is 1670 g/mol. The van der Waals surface area contributed by atoms with E-state index in [2.05, 4.69) is 552 Å². The first-order valence-electron chi connectivity index (χ1n) is 47.8. The molecule has 4 heteroatoms. The lowest BCUT2D eigenvalue weighted by Gasteiger charge is -2.34. The number of nitrogens with zero attached hydrogens (tertiary/aromatic N) is 4. The number of hydrogen-bond donors (Lipinski definition) is 0. The average Bonchev–Trinajstić information content (AvgIpc) is 1.50. The molecule has 4 heterocycles. The largest absolute Gasteiger partial charge is 0.309 e. The summed E-state index contributed by atoms with van der Waals surface area (Å²) in [6.07, 6.45) is 0. The van der Waals surface area contributed by atoms with E-state index in [-0.39, 0.29) is 0 Å². The Labute approximate surface area is 800 Å². The highest BCUT2D eigenvalue weighted by Gasteiger charge is 2.49. The van der Waals surface area contributed by atoms with Gasteiger partial charge in [-0.2, -0.15) is 0 Å². The van der Waals surface area contributed by atoms with Gasteiger partial charge in [0.1, 0.15) is 0 Å².